The van der Waals surface area contributed by atoms with E-state index in [0.29, 0.717) is 5.69 Å². The zero-order chi connectivity index (χ0) is 13.9. The van der Waals surface area contributed by atoms with Crippen LogP contribution in [0, 0.1) is 10.1 Å². The molecule has 2 aromatic carbocycles. The number of azo groups is 1. The van der Waals surface area contributed by atoms with Gasteiger partial charge in [-0.15, -0.1) is 0 Å². The van der Waals surface area contributed by atoms with E-state index in [0.717, 1.165) is 18.8 Å². The molecule has 1 saturated heterocycles. The first-order chi connectivity index (χ1) is 9.72. The van der Waals surface area contributed by atoms with Crippen molar-refractivity contribution >= 4 is 22.7 Å². The summed E-state index contributed by atoms with van der Waals surface area (Å²) in [5.41, 5.74) is 2.59. The first-order valence-electron chi connectivity index (χ1n) is 6.23. The van der Waals surface area contributed by atoms with Crippen LogP contribution in [0.15, 0.2) is 58.8 Å². The normalized spacial score (nSPS) is 13.7. The molecular formula is C14H12N4O2. The predicted octanol–water partition coefficient (Wildman–Crippen LogP) is 3.83. The van der Waals surface area contributed by atoms with E-state index < -0.39 is 4.92 Å². The number of rotatable bonds is 4. The van der Waals surface area contributed by atoms with Gasteiger partial charge in [-0.3, -0.25) is 10.1 Å². The smallest absolute Gasteiger partial charge is 0.269 e. The van der Waals surface area contributed by atoms with E-state index in [4.69, 9.17) is 0 Å². The Morgan fingerprint density at radius 3 is 1.85 bits per heavy atom. The maximum Gasteiger partial charge on any atom is 0.269 e. The van der Waals surface area contributed by atoms with Gasteiger partial charge in [0.1, 0.15) is 0 Å². The van der Waals surface area contributed by atoms with E-state index >= 15 is 0 Å². The van der Waals surface area contributed by atoms with E-state index in [1.54, 1.807) is 12.1 Å². The van der Waals surface area contributed by atoms with Crippen LogP contribution in [0.4, 0.5) is 22.7 Å². The summed E-state index contributed by atoms with van der Waals surface area (Å²) >= 11 is 0. The number of anilines is 1. The Hall–Kier alpha value is -2.76. The molecule has 0 aromatic heterocycles. The molecule has 1 heterocycles. The van der Waals surface area contributed by atoms with Crippen LogP contribution in [-0.2, 0) is 0 Å². The molecule has 100 valence electrons. The van der Waals surface area contributed by atoms with Crippen molar-refractivity contribution in [2.24, 2.45) is 10.2 Å². The van der Waals surface area contributed by atoms with Crippen LogP contribution in [0.1, 0.15) is 0 Å². The first kappa shape index (κ1) is 12.3. The Labute approximate surface area is 115 Å². The zero-order valence-electron chi connectivity index (χ0n) is 10.6. The summed E-state index contributed by atoms with van der Waals surface area (Å²) in [7, 11) is 0. The molecule has 6 heteroatoms. The van der Waals surface area contributed by atoms with Crippen LogP contribution >= 0.6 is 0 Å². The molecule has 0 aliphatic carbocycles. The predicted molar refractivity (Wildman–Crippen MR) is 75.9 cm³/mol. The van der Waals surface area contributed by atoms with Crippen LogP contribution in [0.2, 0.25) is 0 Å². The van der Waals surface area contributed by atoms with Crippen molar-refractivity contribution < 1.29 is 4.92 Å². The van der Waals surface area contributed by atoms with Crippen molar-refractivity contribution in [2.75, 3.05) is 18.0 Å². The molecule has 1 fully saturated rings. The van der Waals surface area contributed by atoms with Gasteiger partial charge in [0.05, 0.1) is 16.3 Å². The summed E-state index contributed by atoms with van der Waals surface area (Å²) in [6.45, 7) is 2.23. The second-order valence-electron chi connectivity index (χ2n) is 4.48. The molecule has 3 rings (SSSR count). The molecule has 6 nitrogen and oxygen atoms in total. The highest BCUT2D eigenvalue weighted by atomic mass is 16.6. The molecule has 1 aliphatic rings. The van der Waals surface area contributed by atoms with Crippen LogP contribution in [0.25, 0.3) is 0 Å². The summed E-state index contributed by atoms with van der Waals surface area (Å²) in [6.07, 6.45) is 0. The maximum atomic E-state index is 10.5. The first-order valence-corrected chi connectivity index (χ1v) is 6.23. The highest BCUT2D eigenvalue weighted by molar-refractivity contribution is 5.56. The Morgan fingerprint density at radius 1 is 0.900 bits per heavy atom. The number of hydrogen-bond donors (Lipinski definition) is 0. The second-order valence-corrected chi connectivity index (χ2v) is 4.48. The summed E-state index contributed by atoms with van der Waals surface area (Å²) in [6, 6.07) is 13.8. The lowest BCUT2D eigenvalue weighted by Gasteiger charge is -2.01. The van der Waals surface area contributed by atoms with Gasteiger partial charge in [-0.05, 0) is 36.4 Å². The van der Waals surface area contributed by atoms with Crippen molar-refractivity contribution in [1.29, 1.82) is 0 Å². The van der Waals surface area contributed by atoms with Gasteiger partial charge in [0, 0.05) is 30.9 Å². The van der Waals surface area contributed by atoms with Crippen molar-refractivity contribution in [3.05, 3.63) is 58.6 Å². The number of nitro benzene ring substituents is 1. The van der Waals surface area contributed by atoms with Gasteiger partial charge in [0.2, 0.25) is 0 Å². The van der Waals surface area contributed by atoms with Gasteiger partial charge >= 0.3 is 0 Å². The third-order valence-electron chi connectivity index (χ3n) is 3.00. The third-order valence-corrected chi connectivity index (χ3v) is 3.00. The lowest BCUT2D eigenvalue weighted by molar-refractivity contribution is -0.384. The Morgan fingerprint density at radius 2 is 1.40 bits per heavy atom. The Bertz CT molecular complexity index is 646. The molecule has 0 unspecified atom stereocenters. The third kappa shape index (κ3) is 2.80. The van der Waals surface area contributed by atoms with Gasteiger partial charge in [-0.25, -0.2) is 0 Å². The molecule has 0 saturated carbocycles. The van der Waals surface area contributed by atoms with Gasteiger partial charge < -0.3 is 4.90 Å². The van der Waals surface area contributed by atoms with Crippen molar-refractivity contribution in [1.82, 2.24) is 0 Å². The molecule has 0 spiro atoms. The van der Waals surface area contributed by atoms with Crippen molar-refractivity contribution in [3.8, 4) is 0 Å². The number of benzene rings is 2. The molecule has 0 radical (unpaired) electrons. The minimum Gasteiger partial charge on any atom is -0.368 e. The topological polar surface area (TPSA) is 70.9 Å². The monoisotopic (exact) mass is 268 g/mol. The molecule has 0 atom stereocenters. The average Bonchev–Trinajstić information content (AvgIpc) is 3.31. The van der Waals surface area contributed by atoms with E-state index in [9.17, 15) is 10.1 Å². The van der Waals surface area contributed by atoms with Crippen molar-refractivity contribution in [2.45, 2.75) is 0 Å². The SMILES string of the molecule is O=[N+]([O-])c1ccc(N=Nc2ccc(N3CC3)cc2)cc1. The number of nitrogens with zero attached hydrogens (tertiary/aromatic N) is 4. The summed E-state index contributed by atoms with van der Waals surface area (Å²) in [4.78, 5) is 12.3. The van der Waals surface area contributed by atoms with Gasteiger partial charge in [-0.1, -0.05) is 0 Å². The van der Waals surface area contributed by atoms with Crippen molar-refractivity contribution in [3.63, 3.8) is 0 Å². The molecule has 1 aliphatic heterocycles. The van der Waals surface area contributed by atoms with E-state index in [1.807, 2.05) is 24.3 Å². The van der Waals surface area contributed by atoms with Crippen LogP contribution in [0.5, 0.6) is 0 Å². The average molecular weight is 268 g/mol. The van der Waals surface area contributed by atoms with Gasteiger partial charge in [0.15, 0.2) is 0 Å². The molecule has 0 N–H and O–H groups in total. The molecule has 0 bridgehead atoms. The fraction of sp³-hybridized carbons (Fsp3) is 0.143. The van der Waals surface area contributed by atoms with E-state index in [-0.39, 0.29) is 5.69 Å². The zero-order valence-corrected chi connectivity index (χ0v) is 10.6. The highest BCUT2D eigenvalue weighted by Crippen LogP contribution is 2.25. The molecular weight excluding hydrogens is 256 g/mol. The number of non-ortho nitro benzene ring substituents is 1. The lowest BCUT2D eigenvalue weighted by atomic mass is 10.3. The molecule has 2 aromatic rings. The number of nitro groups is 1. The maximum absolute atomic E-state index is 10.5. The highest BCUT2D eigenvalue weighted by Gasteiger charge is 2.16. The number of hydrogen-bond acceptors (Lipinski definition) is 5. The van der Waals surface area contributed by atoms with Crippen LogP contribution in [-0.4, -0.2) is 18.0 Å². The van der Waals surface area contributed by atoms with E-state index in [1.165, 1.54) is 17.8 Å². The van der Waals surface area contributed by atoms with Crippen LogP contribution in [0.3, 0.4) is 0 Å². The Balaban J connectivity index is 1.70. The Kier molecular flexibility index (Phi) is 3.12. The van der Waals surface area contributed by atoms with Crippen LogP contribution < -0.4 is 4.90 Å². The quantitative estimate of drug-likeness (QED) is 0.366. The largest absolute Gasteiger partial charge is 0.368 e. The minimum atomic E-state index is -0.438. The fourth-order valence-corrected chi connectivity index (χ4v) is 1.79. The van der Waals surface area contributed by atoms with E-state index in [2.05, 4.69) is 15.1 Å². The summed E-state index contributed by atoms with van der Waals surface area (Å²) in [5, 5.41) is 18.7. The summed E-state index contributed by atoms with van der Waals surface area (Å²) < 4.78 is 0. The van der Waals surface area contributed by atoms with Gasteiger partial charge in [0.25, 0.3) is 5.69 Å². The van der Waals surface area contributed by atoms with Gasteiger partial charge in [-0.2, -0.15) is 10.2 Å². The lowest BCUT2D eigenvalue weighted by Crippen LogP contribution is -1.88. The molecule has 20 heavy (non-hydrogen) atoms. The summed E-state index contributed by atoms with van der Waals surface area (Å²) in [5.74, 6) is 0. The fourth-order valence-electron chi connectivity index (χ4n) is 1.79. The standard InChI is InChI=1S/C14H12N4O2/c19-18(20)14-7-3-12(4-8-14)16-15-11-1-5-13(6-2-11)17-9-10-17/h1-8H,9-10H2. The minimum absolute atomic E-state index is 0.0479. The second kappa shape index (κ2) is 5.08. The molecule has 0 amide bonds.